The van der Waals surface area contributed by atoms with Crippen molar-refractivity contribution in [1.29, 1.82) is 0 Å². The summed E-state index contributed by atoms with van der Waals surface area (Å²) in [5.41, 5.74) is -0.808. The van der Waals surface area contributed by atoms with E-state index in [-0.39, 0.29) is 32.0 Å². The average Bonchev–Trinajstić information content (AvgIpc) is 2.84. The molecular weight excluding hydrogens is 462 g/mol. The number of likely N-dealkylation sites (tertiary alicyclic amines) is 1. The molecule has 2 heterocycles. The summed E-state index contributed by atoms with van der Waals surface area (Å²) in [6, 6.07) is 12.1. The van der Waals surface area contributed by atoms with Gasteiger partial charge in [0.2, 0.25) is 15.9 Å². The number of sulfonamides is 1. The number of rotatable bonds is 7. The molecule has 1 atom stereocenters. The maximum Gasteiger partial charge on any atom is 0.248 e. The Balaban J connectivity index is 1.61. The van der Waals surface area contributed by atoms with Crippen LogP contribution in [0, 0.1) is 17.0 Å². The molecule has 0 aliphatic carbocycles. The Kier molecular flexibility index (Phi) is 7.52. The van der Waals surface area contributed by atoms with Crippen LogP contribution in [0.1, 0.15) is 38.5 Å². The topological polar surface area (TPSA) is 66.9 Å². The molecule has 2 aromatic rings. The van der Waals surface area contributed by atoms with Gasteiger partial charge in [0.05, 0.1) is 6.61 Å². The van der Waals surface area contributed by atoms with Crippen molar-refractivity contribution >= 4 is 15.9 Å². The summed E-state index contributed by atoms with van der Waals surface area (Å²) in [5.74, 6) is -1.66. The SMILES string of the molecule is O=C(C[C@@]1(COc2ccccc2)CCCN(S(=O)(=O)c2c(F)cccc2F)C1)N1CCCCC1. The number of halogens is 2. The molecule has 34 heavy (non-hydrogen) atoms. The standard InChI is InChI=1S/C25H30F2N2O4S/c26-21-11-7-12-22(27)24(21)34(31,32)29-16-8-13-25(18-29,19-33-20-9-3-1-4-10-20)17-23(30)28-14-5-2-6-15-28/h1,3-4,7,9-12H,2,5-6,8,13-19H2/t25-/m0/s1. The fourth-order valence-corrected chi connectivity index (χ4v) is 6.57. The smallest absolute Gasteiger partial charge is 0.248 e. The fraction of sp³-hybridized carbons (Fsp3) is 0.480. The van der Waals surface area contributed by atoms with E-state index >= 15 is 0 Å². The van der Waals surface area contributed by atoms with E-state index in [1.807, 2.05) is 23.1 Å². The van der Waals surface area contributed by atoms with Crippen molar-refractivity contribution in [3.63, 3.8) is 0 Å². The second-order valence-electron chi connectivity index (χ2n) is 9.21. The molecule has 4 rings (SSSR count). The number of amides is 1. The van der Waals surface area contributed by atoms with E-state index in [1.165, 1.54) is 0 Å². The molecule has 0 spiro atoms. The number of nitrogens with zero attached hydrogens (tertiary/aromatic N) is 2. The van der Waals surface area contributed by atoms with Crippen molar-refractivity contribution in [1.82, 2.24) is 9.21 Å². The first-order valence-corrected chi connectivity index (χ1v) is 13.1. The number of hydrogen-bond donors (Lipinski definition) is 0. The van der Waals surface area contributed by atoms with Crippen LogP contribution in [-0.2, 0) is 14.8 Å². The van der Waals surface area contributed by atoms with Gasteiger partial charge in [-0.2, -0.15) is 4.31 Å². The van der Waals surface area contributed by atoms with Crippen LogP contribution in [-0.4, -0.2) is 56.3 Å². The van der Waals surface area contributed by atoms with Gasteiger partial charge < -0.3 is 9.64 Å². The van der Waals surface area contributed by atoms with Gasteiger partial charge in [0, 0.05) is 38.0 Å². The normalized spacial score (nSPS) is 21.9. The minimum absolute atomic E-state index is 0.0346. The molecule has 184 valence electrons. The summed E-state index contributed by atoms with van der Waals surface area (Å²) >= 11 is 0. The molecule has 1 amide bonds. The van der Waals surface area contributed by atoms with E-state index in [0.29, 0.717) is 31.7 Å². The lowest BCUT2D eigenvalue weighted by Gasteiger charge is -2.42. The molecular formula is C25H30F2N2O4S. The average molecular weight is 493 g/mol. The van der Waals surface area contributed by atoms with Gasteiger partial charge in [0.1, 0.15) is 17.4 Å². The van der Waals surface area contributed by atoms with Crippen LogP contribution in [0.4, 0.5) is 8.78 Å². The zero-order valence-corrected chi connectivity index (χ0v) is 19.9. The molecule has 2 aliphatic heterocycles. The maximum absolute atomic E-state index is 14.4. The van der Waals surface area contributed by atoms with Crippen LogP contribution in [0.3, 0.4) is 0 Å². The molecule has 0 radical (unpaired) electrons. The molecule has 0 bridgehead atoms. The van der Waals surface area contributed by atoms with Gasteiger partial charge >= 0.3 is 0 Å². The third kappa shape index (κ3) is 5.41. The first-order chi connectivity index (χ1) is 16.3. The fourth-order valence-electron chi connectivity index (χ4n) is 4.87. The molecule has 0 unspecified atom stereocenters. The highest BCUT2D eigenvalue weighted by molar-refractivity contribution is 7.89. The van der Waals surface area contributed by atoms with Crippen LogP contribution < -0.4 is 4.74 Å². The van der Waals surface area contributed by atoms with E-state index in [4.69, 9.17) is 4.74 Å². The Morgan fingerprint density at radius 2 is 1.59 bits per heavy atom. The second kappa shape index (κ2) is 10.4. The lowest BCUT2D eigenvalue weighted by Crippen LogP contribution is -2.51. The first kappa shape index (κ1) is 24.6. The Morgan fingerprint density at radius 3 is 2.26 bits per heavy atom. The second-order valence-corrected chi connectivity index (χ2v) is 11.1. The first-order valence-electron chi connectivity index (χ1n) is 11.7. The number of ether oxygens (including phenoxy) is 1. The third-order valence-corrected chi connectivity index (χ3v) is 8.56. The number of piperidine rings is 2. The van der Waals surface area contributed by atoms with Gasteiger partial charge in [-0.1, -0.05) is 24.3 Å². The molecule has 6 nitrogen and oxygen atoms in total. The number of benzene rings is 2. The van der Waals surface area contributed by atoms with Crippen LogP contribution in [0.25, 0.3) is 0 Å². The van der Waals surface area contributed by atoms with Crippen LogP contribution in [0.2, 0.25) is 0 Å². The van der Waals surface area contributed by atoms with Crippen LogP contribution in [0.5, 0.6) is 5.75 Å². The summed E-state index contributed by atoms with van der Waals surface area (Å²) < 4.78 is 62.5. The highest BCUT2D eigenvalue weighted by atomic mass is 32.2. The molecule has 2 aliphatic rings. The largest absolute Gasteiger partial charge is 0.493 e. The van der Waals surface area contributed by atoms with Crippen molar-refractivity contribution in [2.24, 2.45) is 5.41 Å². The van der Waals surface area contributed by atoms with Crippen molar-refractivity contribution in [3.05, 3.63) is 60.2 Å². The third-order valence-electron chi connectivity index (χ3n) is 6.67. The zero-order chi connectivity index (χ0) is 24.2. The molecule has 0 N–H and O–H groups in total. The van der Waals surface area contributed by atoms with E-state index in [0.717, 1.165) is 41.8 Å². The van der Waals surface area contributed by atoms with E-state index in [2.05, 4.69) is 0 Å². The maximum atomic E-state index is 14.4. The van der Waals surface area contributed by atoms with Gasteiger partial charge in [-0.05, 0) is 56.4 Å². The molecule has 2 aromatic carbocycles. The Hall–Kier alpha value is -2.52. The van der Waals surface area contributed by atoms with Crippen molar-refractivity contribution < 1.29 is 26.7 Å². The molecule has 0 saturated carbocycles. The van der Waals surface area contributed by atoms with Crippen molar-refractivity contribution in [2.75, 3.05) is 32.8 Å². The van der Waals surface area contributed by atoms with Gasteiger partial charge in [-0.15, -0.1) is 0 Å². The number of para-hydroxylation sites is 1. The molecule has 9 heteroatoms. The summed E-state index contributed by atoms with van der Waals surface area (Å²) in [7, 11) is -4.44. The molecule has 0 aromatic heterocycles. The quantitative estimate of drug-likeness (QED) is 0.581. The Labute approximate surface area is 199 Å². The molecule has 2 saturated heterocycles. The minimum atomic E-state index is -4.44. The highest BCUT2D eigenvalue weighted by Crippen LogP contribution is 2.38. The predicted octanol–water partition coefficient (Wildman–Crippen LogP) is 4.22. The minimum Gasteiger partial charge on any atom is -0.493 e. The van der Waals surface area contributed by atoms with E-state index in [9.17, 15) is 22.0 Å². The van der Waals surface area contributed by atoms with Gasteiger partial charge in [0.25, 0.3) is 0 Å². The zero-order valence-electron chi connectivity index (χ0n) is 19.1. The Morgan fingerprint density at radius 1 is 0.912 bits per heavy atom. The van der Waals surface area contributed by atoms with Crippen LogP contribution in [0.15, 0.2) is 53.4 Å². The summed E-state index contributed by atoms with van der Waals surface area (Å²) in [6.07, 6.45) is 4.14. The lowest BCUT2D eigenvalue weighted by atomic mass is 9.78. The number of carbonyl (C=O) groups excluding carboxylic acids is 1. The van der Waals surface area contributed by atoms with Gasteiger partial charge in [0.15, 0.2) is 4.90 Å². The van der Waals surface area contributed by atoms with Crippen molar-refractivity contribution in [2.45, 2.75) is 43.4 Å². The highest BCUT2D eigenvalue weighted by Gasteiger charge is 2.44. The van der Waals surface area contributed by atoms with E-state index < -0.39 is 32.0 Å². The number of carbonyl (C=O) groups is 1. The van der Waals surface area contributed by atoms with Crippen molar-refractivity contribution in [3.8, 4) is 5.75 Å². The summed E-state index contributed by atoms with van der Waals surface area (Å²) in [6.45, 7) is 1.59. The van der Waals surface area contributed by atoms with Gasteiger partial charge in [-0.25, -0.2) is 17.2 Å². The van der Waals surface area contributed by atoms with E-state index in [1.54, 1.807) is 12.1 Å². The monoisotopic (exact) mass is 492 g/mol. The Bertz CT molecular complexity index is 1090. The summed E-state index contributed by atoms with van der Waals surface area (Å²) in [5, 5.41) is 0. The number of hydrogen-bond acceptors (Lipinski definition) is 4. The summed E-state index contributed by atoms with van der Waals surface area (Å²) in [4.78, 5) is 14.1. The lowest BCUT2D eigenvalue weighted by molar-refractivity contribution is -0.136. The molecule has 2 fully saturated rings. The predicted molar refractivity (Wildman–Crippen MR) is 124 cm³/mol. The van der Waals surface area contributed by atoms with Crippen LogP contribution >= 0.6 is 0 Å². The van der Waals surface area contributed by atoms with Gasteiger partial charge in [-0.3, -0.25) is 4.79 Å².